The van der Waals surface area contributed by atoms with Crippen molar-refractivity contribution in [1.29, 1.82) is 0 Å². The lowest BCUT2D eigenvalue weighted by Gasteiger charge is -2.29. The van der Waals surface area contributed by atoms with E-state index in [2.05, 4.69) is 31.9 Å². The monoisotopic (exact) mass is 485 g/mol. The summed E-state index contributed by atoms with van der Waals surface area (Å²) in [5, 5.41) is 0. The molecule has 1 heterocycles. The first-order chi connectivity index (χ1) is 12.4. The summed E-state index contributed by atoms with van der Waals surface area (Å²) in [6.07, 6.45) is 3.07. The second kappa shape index (κ2) is 8.21. The molecule has 2 aliphatic rings. The average Bonchev–Trinajstić information content (AvgIpc) is 2.86. The van der Waals surface area contributed by atoms with Crippen LogP contribution in [0.15, 0.2) is 24.3 Å². The number of carbonyl (C=O) groups is 3. The summed E-state index contributed by atoms with van der Waals surface area (Å²) in [5.41, 5.74) is 0.930. The van der Waals surface area contributed by atoms with Crippen LogP contribution in [0.4, 0.5) is 5.69 Å². The molecule has 1 saturated carbocycles. The van der Waals surface area contributed by atoms with Crippen LogP contribution in [-0.2, 0) is 14.3 Å². The lowest BCUT2D eigenvalue weighted by Crippen LogP contribution is -2.34. The molecule has 1 saturated heterocycles. The van der Waals surface area contributed by atoms with Crippen molar-refractivity contribution in [2.75, 3.05) is 11.5 Å². The predicted octanol–water partition coefficient (Wildman–Crippen LogP) is 4.07. The van der Waals surface area contributed by atoms with Crippen molar-refractivity contribution in [2.45, 2.75) is 42.3 Å². The fourth-order valence-corrected chi connectivity index (χ4v) is 4.73. The molecular weight excluding hydrogens is 466 g/mol. The Kier molecular flexibility index (Phi) is 6.17. The average molecular weight is 487 g/mol. The van der Waals surface area contributed by atoms with Crippen LogP contribution in [0, 0.1) is 11.8 Å². The van der Waals surface area contributed by atoms with E-state index in [0.29, 0.717) is 30.7 Å². The molecule has 2 amide bonds. The van der Waals surface area contributed by atoms with Crippen LogP contribution >= 0.6 is 31.9 Å². The van der Waals surface area contributed by atoms with Gasteiger partial charge in [-0.3, -0.25) is 14.5 Å². The van der Waals surface area contributed by atoms with Crippen molar-refractivity contribution >= 4 is 55.3 Å². The van der Waals surface area contributed by atoms with Crippen molar-refractivity contribution in [1.82, 2.24) is 0 Å². The van der Waals surface area contributed by atoms with Gasteiger partial charge in [-0.25, -0.2) is 4.79 Å². The molecule has 1 aliphatic heterocycles. The van der Waals surface area contributed by atoms with Crippen molar-refractivity contribution in [3.63, 3.8) is 0 Å². The zero-order chi connectivity index (χ0) is 18.8. The molecular formula is C19H21Br2NO4. The van der Waals surface area contributed by atoms with Gasteiger partial charge >= 0.3 is 5.97 Å². The van der Waals surface area contributed by atoms with E-state index in [4.69, 9.17) is 4.74 Å². The molecule has 140 valence electrons. The number of unbranched alkanes of at least 4 members (excludes halogenated alkanes) is 1. The summed E-state index contributed by atoms with van der Waals surface area (Å²) in [7, 11) is 0. The molecule has 0 aromatic heterocycles. The number of halogens is 2. The number of amides is 2. The van der Waals surface area contributed by atoms with Gasteiger partial charge in [0.15, 0.2) is 0 Å². The maximum atomic E-state index is 12.8. The number of anilines is 1. The van der Waals surface area contributed by atoms with Crippen LogP contribution < -0.4 is 4.90 Å². The number of rotatable bonds is 5. The molecule has 0 N–H and O–H groups in total. The highest BCUT2D eigenvalue weighted by Crippen LogP contribution is 2.44. The van der Waals surface area contributed by atoms with E-state index in [-0.39, 0.29) is 39.3 Å². The lowest BCUT2D eigenvalue weighted by atomic mass is 9.81. The Balaban J connectivity index is 1.74. The quantitative estimate of drug-likeness (QED) is 0.272. The second-order valence-corrected chi connectivity index (χ2v) is 9.12. The van der Waals surface area contributed by atoms with Gasteiger partial charge in [0.25, 0.3) is 0 Å². The highest BCUT2D eigenvalue weighted by atomic mass is 79.9. The summed E-state index contributed by atoms with van der Waals surface area (Å²) >= 11 is 7.17. The molecule has 7 heteroatoms. The second-order valence-electron chi connectivity index (χ2n) is 6.76. The minimum Gasteiger partial charge on any atom is -0.462 e. The Morgan fingerprint density at radius 1 is 1.08 bits per heavy atom. The van der Waals surface area contributed by atoms with Gasteiger partial charge in [0, 0.05) is 9.65 Å². The summed E-state index contributed by atoms with van der Waals surface area (Å²) in [6, 6.07) is 6.49. The Hall–Kier alpha value is -1.21. The topological polar surface area (TPSA) is 63.7 Å². The first kappa shape index (κ1) is 19.5. The van der Waals surface area contributed by atoms with Gasteiger partial charge in [-0.2, -0.15) is 0 Å². The lowest BCUT2D eigenvalue weighted by molar-refractivity contribution is -0.122. The molecule has 0 unspecified atom stereocenters. The van der Waals surface area contributed by atoms with E-state index in [1.54, 1.807) is 24.3 Å². The number of hydrogen-bond donors (Lipinski definition) is 0. The molecule has 1 aliphatic carbocycles. The Morgan fingerprint density at radius 3 is 2.12 bits per heavy atom. The number of nitrogens with zero attached hydrogens (tertiary/aromatic N) is 1. The van der Waals surface area contributed by atoms with E-state index in [1.165, 1.54) is 4.90 Å². The number of hydrogen-bond acceptors (Lipinski definition) is 4. The molecule has 0 spiro atoms. The molecule has 5 nitrogen and oxygen atoms in total. The van der Waals surface area contributed by atoms with Gasteiger partial charge < -0.3 is 4.74 Å². The molecule has 2 fully saturated rings. The van der Waals surface area contributed by atoms with E-state index in [9.17, 15) is 14.4 Å². The van der Waals surface area contributed by atoms with Gasteiger partial charge in [-0.05, 0) is 43.5 Å². The fourth-order valence-electron chi connectivity index (χ4n) is 3.49. The van der Waals surface area contributed by atoms with Crippen molar-refractivity contribution in [3.8, 4) is 0 Å². The van der Waals surface area contributed by atoms with E-state index in [0.717, 1.165) is 12.8 Å². The molecule has 3 rings (SSSR count). The van der Waals surface area contributed by atoms with Crippen LogP contribution in [0.1, 0.15) is 43.0 Å². The zero-order valence-electron chi connectivity index (χ0n) is 14.5. The molecule has 1 aromatic rings. The number of benzene rings is 1. The number of ether oxygens (including phenoxy) is 1. The molecule has 26 heavy (non-hydrogen) atoms. The number of esters is 1. The van der Waals surface area contributed by atoms with Crippen molar-refractivity contribution in [3.05, 3.63) is 29.8 Å². The van der Waals surface area contributed by atoms with E-state index < -0.39 is 0 Å². The Bertz CT molecular complexity index is 678. The SMILES string of the molecule is CCCCOC(=O)c1ccc(N2C(=O)[C@H]3C[C@@H](Br)[C@@H](Br)C[C@@H]3C2=O)cc1. The molecule has 0 radical (unpaired) electrons. The normalized spacial score (nSPS) is 28.2. The van der Waals surface area contributed by atoms with Gasteiger partial charge in [-0.15, -0.1) is 0 Å². The minimum atomic E-state index is -0.387. The summed E-state index contributed by atoms with van der Waals surface area (Å²) in [4.78, 5) is 39.2. The third-order valence-corrected chi connectivity index (χ3v) is 7.74. The molecule has 0 bridgehead atoms. The Labute approximate surface area is 169 Å². The number of carbonyl (C=O) groups excluding carboxylic acids is 3. The number of imide groups is 1. The maximum Gasteiger partial charge on any atom is 0.338 e. The van der Waals surface area contributed by atoms with E-state index >= 15 is 0 Å². The van der Waals surface area contributed by atoms with Crippen LogP contribution in [0.25, 0.3) is 0 Å². The van der Waals surface area contributed by atoms with Crippen molar-refractivity contribution in [2.24, 2.45) is 11.8 Å². The van der Waals surface area contributed by atoms with Crippen LogP contribution in [0.5, 0.6) is 0 Å². The van der Waals surface area contributed by atoms with Crippen LogP contribution in [0.2, 0.25) is 0 Å². The third-order valence-electron chi connectivity index (χ3n) is 5.00. The zero-order valence-corrected chi connectivity index (χ0v) is 17.7. The summed E-state index contributed by atoms with van der Waals surface area (Å²) in [6.45, 7) is 2.42. The highest BCUT2D eigenvalue weighted by Gasteiger charge is 2.52. The molecule has 4 atom stereocenters. The Morgan fingerprint density at radius 2 is 1.62 bits per heavy atom. The molecule has 1 aromatic carbocycles. The minimum absolute atomic E-state index is 0.151. The number of fused-ring (bicyclic) bond motifs is 1. The largest absolute Gasteiger partial charge is 0.462 e. The smallest absolute Gasteiger partial charge is 0.338 e. The van der Waals surface area contributed by atoms with Gasteiger partial charge in [0.1, 0.15) is 0 Å². The van der Waals surface area contributed by atoms with Crippen molar-refractivity contribution < 1.29 is 19.1 Å². The number of alkyl halides is 2. The summed E-state index contributed by atoms with van der Waals surface area (Å²) in [5.74, 6) is -1.25. The fraction of sp³-hybridized carbons (Fsp3) is 0.526. The first-order valence-corrected chi connectivity index (χ1v) is 10.7. The standard InChI is InChI=1S/C19H21Br2NO4/c1-2-3-8-26-19(25)11-4-6-12(7-5-11)22-17(23)13-9-15(20)16(21)10-14(13)18(22)24/h4-7,13-16H,2-3,8-10H2,1H3/t13-,14-,15-,16+/m0/s1. The predicted molar refractivity (Wildman–Crippen MR) is 106 cm³/mol. The van der Waals surface area contributed by atoms with Gasteiger partial charge in [0.05, 0.1) is 29.7 Å². The first-order valence-electron chi connectivity index (χ1n) is 8.87. The maximum absolute atomic E-state index is 12.8. The van der Waals surface area contributed by atoms with Gasteiger partial charge in [-0.1, -0.05) is 45.2 Å². The van der Waals surface area contributed by atoms with Crippen LogP contribution in [0.3, 0.4) is 0 Å². The van der Waals surface area contributed by atoms with E-state index in [1.807, 2.05) is 6.92 Å². The van der Waals surface area contributed by atoms with Crippen LogP contribution in [-0.4, -0.2) is 34.0 Å². The highest BCUT2D eigenvalue weighted by molar-refractivity contribution is 9.12. The third kappa shape index (κ3) is 3.74. The summed E-state index contributed by atoms with van der Waals surface area (Å²) < 4.78 is 5.18. The van der Waals surface area contributed by atoms with Gasteiger partial charge in [0.2, 0.25) is 11.8 Å².